The van der Waals surface area contributed by atoms with E-state index in [0.717, 1.165) is 128 Å². The van der Waals surface area contributed by atoms with Gasteiger partial charge in [0.1, 0.15) is 13.2 Å². The van der Waals surface area contributed by atoms with Gasteiger partial charge in [0.15, 0.2) is 0 Å². The Balaban J connectivity index is 4.22. The Labute approximate surface area is 543 Å². The number of carbonyl (C=O) groups is 1. The molecule has 3 atom stereocenters. The Bertz CT molecular complexity index is 2040. The monoisotopic (exact) mass is 1240 g/mol. The number of rotatable bonds is 63. The van der Waals surface area contributed by atoms with Gasteiger partial charge in [-0.25, -0.2) is 0 Å². The molecule has 0 aromatic heterocycles. The molecule has 0 saturated carbocycles. The number of nitrogens with one attached hydrogen (secondary N) is 1. The minimum atomic E-state index is -4.63. The van der Waals surface area contributed by atoms with Gasteiger partial charge in [0.05, 0.1) is 39.9 Å². The smallest absolute Gasteiger partial charge is 0.268 e. The Morgan fingerprint density at radius 2 is 0.705 bits per heavy atom. The van der Waals surface area contributed by atoms with Gasteiger partial charge in [-0.2, -0.15) is 0 Å². The third-order valence-corrected chi connectivity index (χ3v) is 15.9. The molecular weight excluding hydrogens is 1100 g/mol. The van der Waals surface area contributed by atoms with Crippen LogP contribution in [0.5, 0.6) is 0 Å². The number of phosphoric ester groups is 1. The number of carbonyl (C=O) groups excluding carboxylic acids is 1. The topological polar surface area (TPSA) is 108 Å². The van der Waals surface area contributed by atoms with Crippen molar-refractivity contribution in [1.29, 1.82) is 0 Å². The molecule has 0 aromatic carbocycles. The number of aliphatic hydroxyl groups is 1. The minimum absolute atomic E-state index is 0.0199. The SMILES string of the molecule is CC/C=C\C/C=C\C/C=C\C/C=C\C/C=C\C/C=C\C/C=C\C/C=C\C/C=C\C/C=C\C/C=C\CCCCCCCCCC(=O)NC(COP(=O)([O-])OCC[N+](C)(C)C)C(O)/C=C/CC/C=C/CC/C=C/CCCCCCCCCCCCCCCCC. The number of nitrogens with zero attached hydrogens (tertiary/aromatic N) is 1. The lowest BCUT2D eigenvalue weighted by Gasteiger charge is -2.29. The number of amides is 1. The molecular formula is C79H133N2O6P. The summed E-state index contributed by atoms with van der Waals surface area (Å²) < 4.78 is 23.4. The first-order valence-electron chi connectivity index (χ1n) is 35.5. The summed E-state index contributed by atoms with van der Waals surface area (Å²) in [6.45, 7) is 4.50. The maximum atomic E-state index is 13.0. The number of unbranched alkanes of at least 4 members (excludes halogenated alkanes) is 24. The molecule has 9 heteroatoms. The third-order valence-electron chi connectivity index (χ3n) is 14.9. The Hall–Kier alpha value is -4.14. The van der Waals surface area contributed by atoms with Gasteiger partial charge in [-0.05, 0) is 128 Å². The van der Waals surface area contributed by atoms with Crippen LogP contribution in [-0.4, -0.2) is 68.5 Å². The van der Waals surface area contributed by atoms with Gasteiger partial charge < -0.3 is 28.8 Å². The zero-order chi connectivity index (χ0) is 64.1. The van der Waals surface area contributed by atoms with Gasteiger partial charge in [0.25, 0.3) is 7.82 Å². The zero-order valence-electron chi connectivity index (χ0n) is 57.1. The van der Waals surface area contributed by atoms with E-state index in [4.69, 9.17) is 9.05 Å². The van der Waals surface area contributed by atoms with Crippen LogP contribution in [0.25, 0.3) is 0 Å². The Morgan fingerprint density at radius 3 is 1.06 bits per heavy atom. The number of hydrogen-bond acceptors (Lipinski definition) is 6. The third kappa shape index (κ3) is 69.3. The van der Waals surface area contributed by atoms with E-state index in [2.05, 4.69) is 177 Å². The van der Waals surface area contributed by atoms with Crippen LogP contribution in [0.3, 0.4) is 0 Å². The first-order valence-corrected chi connectivity index (χ1v) is 37.0. The van der Waals surface area contributed by atoms with Crippen LogP contribution in [-0.2, 0) is 18.4 Å². The molecule has 2 N–H and O–H groups in total. The molecule has 3 unspecified atom stereocenters. The quantitative estimate of drug-likeness (QED) is 0.0272. The van der Waals surface area contributed by atoms with Crippen LogP contribution in [0.1, 0.15) is 271 Å². The number of aliphatic hydroxyl groups excluding tert-OH is 1. The van der Waals surface area contributed by atoms with Crippen molar-refractivity contribution in [3.8, 4) is 0 Å². The van der Waals surface area contributed by atoms with Gasteiger partial charge in [0, 0.05) is 6.42 Å². The number of hydrogen-bond donors (Lipinski definition) is 2. The van der Waals surface area contributed by atoms with E-state index in [1.54, 1.807) is 6.08 Å². The molecule has 0 saturated heterocycles. The summed E-state index contributed by atoms with van der Waals surface area (Å²) >= 11 is 0. The lowest BCUT2D eigenvalue weighted by atomic mass is 10.0. The fourth-order valence-electron chi connectivity index (χ4n) is 9.43. The van der Waals surface area contributed by atoms with E-state index in [-0.39, 0.29) is 12.5 Å². The highest BCUT2D eigenvalue weighted by atomic mass is 31.2. The molecule has 0 radical (unpaired) electrons. The van der Waals surface area contributed by atoms with E-state index in [1.807, 2.05) is 27.2 Å². The van der Waals surface area contributed by atoms with E-state index < -0.39 is 26.6 Å². The van der Waals surface area contributed by atoms with Gasteiger partial charge in [-0.15, -0.1) is 0 Å². The highest BCUT2D eigenvalue weighted by Gasteiger charge is 2.23. The lowest BCUT2D eigenvalue weighted by Crippen LogP contribution is -2.45. The second-order valence-corrected chi connectivity index (χ2v) is 25.9. The maximum Gasteiger partial charge on any atom is 0.268 e. The molecule has 1 amide bonds. The molecule has 0 spiro atoms. The molecule has 500 valence electrons. The molecule has 0 aliphatic rings. The summed E-state index contributed by atoms with van der Waals surface area (Å²) in [5.41, 5.74) is 0. The van der Waals surface area contributed by atoms with Crippen molar-refractivity contribution in [2.24, 2.45) is 0 Å². The van der Waals surface area contributed by atoms with Crippen LogP contribution in [0, 0.1) is 0 Å². The molecule has 0 heterocycles. The molecule has 0 bridgehead atoms. The highest BCUT2D eigenvalue weighted by Crippen LogP contribution is 2.38. The van der Waals surface area contributed by atoms with Gasteiger partial charge >= 0.3 is 0 Å². The fraction of sp³-hybridized carbons (Fsp3) is 0.633. The van der Waals surface area contributed by atoms with Crippen molar-refractivity contribution >= 4 is 13.7 Å². The minimum Gasteiger partial charge on any atom is -0.756 e. The number of allylic oxidation sites excluding steroid dienone is 27. The Morgan fingerprint density at radius 1 is 0.409 bits per heavy atom. The second kappa shape index (κ2) is 67.3. The standard InChI is InChI=1S/C79H133N2O6P/c1-6-8-10-12-14-16-18-20-22-24-26-28-30-32-33-34-35-36-37-38-39-40-41-42-43-44-45-46-47-49-51-53-55-57-59-61-63-65-67-69-71-73-79(83)80-77(76-87-88(84,85)86-75-74-81(3,4)5)78(82)72-70-68-66-64-62-60-58-56-54-52-50-48-31-29-27-25-23-21-19-17-15-13-11-9-7-2/h8,10,14,16,20,22,26,28,32-33,35-36,38-39,41-42,44-45,47,49,53-56,62,64,70,72,77-78,82H,6-7,9,11-13,15,17-19,21,23-25,27,29-31,34,37,40,43,46,48,50-52,57-61,63,65-69,71,73-76H2,1-5H3,(H-,80,83,84,85)/b10-8-,16-14-,22-20-,28-26-,33-32-,36-35-,39-38-,42-41-,45-44-,49-47-,55-53-,56-54+,64-62+,72-70+. The lowest BCUT2D eigenvalue weighted by molar-refractivity contribution is -0.870. The van der Waals surface area contributed by atoms with Crippen molar-refractivity contribution < 1.29 is 32.9 Å². The van der Waals surface area contributed by atoms with Gasteiger partial charge in [0.2, 0.25) is 5.91 Å². The molecule has 0 aliphatic heterocycles. The average Bonchev–Trinajstić information content (AvgIpc) is 3.71. The van der Waals surface area contributed by atoms with E-state index >= 15 is 0 Å². The summed E-state index contributed by atoms with van der Waals surface area (Å²) in [4.78, 5) is 25.6. The van der Waals surface area contributed by atoms with Gasteiger partial charge in [-0.3, -0.25) is 9.36 Å². The van der Waals surface area contributed by atoms with Crippen molar-refractivity contribution in [3.63, 3.8) is 0 Å². The summed E-state index contributed by atoms with van der Waals surface area (Å²) in [5, 5.41) is 13.9. The molecule has 0 aromatic rings. The highest BCUT2D eigenvalue weighted by molar-refractivity contribution is 7.45. The number of likely N-dealkylation sites (N-methyl/N-ethyl adjacent to an activating group) is 1. The van der Waals surface area contributed by atoms with Crippen LogP contribution < -0.4 is 10.2 Å². The zero-order valence-corrected chi connectivity index (χ0v) is 58.0. The summed E-state index contributed by atoms with van der Waals surface area (Å²) in [6.07, 6.45) is 106. The summed E-state index contributed by atoms with van der Waals surface area (Å²) in [6, 6.07) is -0.930. The molecule has 0 rings (SSSR count). The van der Waals surface area contributed by atoms with Crippen molar-refractivity contribution in [3.05, 3.63) is 170 Å². The first-order chi connectivity index (χ1) is 43.0. The molecule has 0 aliphatic carbocycles. The van der Waals surface area contributed by atoms with Crippen molar-refractivity contribution in [1.82, 2.24) is 5.32 Å². The summed E-state index contributed by atoms with van der Waals surface area (Å²) in [7, 11) is 1.21. The molecule has 8 nitrogen and oxygen atoms in total. The maximum absolute atomic E-state index is 13.0. The van der Waals surface area contributed by atoms with E-state index in [0.29, 0.717) is 17.4 Å². The van der Waals surface area contributed by atoms with Crippen molar-refractivity contribution in [2.45, 2.75) is 283 Å². The van der Waals surface area contributed by atoms with Gasteiger partial charge in [-0.1, -0.05) is 306 Å². The second-order valence-electron chi connectivity index (χ2n) is 24.5. The average molecular weight is 1240 g/mol. The summed E-state index contributed by atoms with van der Waals surface area (Å²) in [5.74, 6) is -0.228. The number of phosphoric acid groups is 1. The largest absolute Gasteiger partial charge is 0.756 e. The normalized spacial score (nSPS) is 14.7. The van der Waals surface area contributed by atoms with Crippen LogP contribution in [0.4, 0.5) is 0 Å². The Kier molecular flexibility index (Phi) is 64.1. The van der Waals surface area contributed by atoms with Crippen molar-refractivity contribution in [2.75, 3.05) is 40.9 Å². The number of quaternary nitrogens is 1. The first kappa shape index (κ1) is 83.9. The predicted octanol–water partition coefficient (Wildman–Crippen LogP) is 22.5. The predicted molar refractivity (Wildman–Crippen MR) is 384 cm³/mol. The molecule has 0 fully saturated rings. The van der Waals surface area contributed by atoms with E-state index in [1.165, 1.54) is 122 Å². The van der Waals surface area contributed by atoms with Crippen LogP contribution in [0.2, 0.25) is 0 Å². The van der Waals surface area contributed by atoms with E-state index in [9.17, 15) is 19.4 Å². The van der Waals surface area contributed by atoms with Crippen LogP contribution >= 0.6 is 7.82 Å². The molecule has 88 heavy (non-hydrogen) atoms. The fourth-order valence-corrected chi connectivity index (χ4v) is 10.1. The van der Waals surface area contributed by atoms with Crippen LogP contribution in [0.15, 0.2) is 170 Å².